The van der Waals surface area contributed by atoms with Gasteiger partial charge in [0.1, 0.15) is 52.6 Å². The van der Waals surface area contributed by atoms with E-state index < -0.39 is 0 Å². The maximum absolute atomic E-state index is 12.0. The third kappa shape index (κ3) is 39.3. The molecule has 0 saturated carbocycles. The summed E-state index contributed by atoms with van der Waals surface area (Å²) in [6.45, 7) is 35.5. The lowest BCUT2D eigenvalue weighted by molar-refractivity contribution is -0.926. The van der Waals surface area contributed by atoms with E-state index in [1.165, 1.54) is 70.7 Å². The lowest BCUT2D eigenvalue weighted by Gasteiger charge is -2.37. The summed E-state index contributed by atoms with van der Waals surface area (Å²) in [6.07, 6.45) is 11.8. The summed E-state index contributed by atoms with van der Waals surface area (Å²) in [5.74, 6) is -0.898. The van der Waals surface area contributed by atoms with Crippen LogP contribution in [0.4, 0.5) is 0 Å². The van der Waals surface area contributed by atoms with Crippen LogP contribution in [0.25, 0.3) is 0 Å². The van der Waals surface area contributed by atoms with Gasteiger partial charge >= 0.3 is 23.9 Å². The third-order valence-electron chi connectivity index (χ3n) is 13.9. The number of unbranched alkanes of at least 4 members (excludes halogenated alkanes) is 1. The Hall–Kier alpha value is -4.24. The number of benzene rings is 4. The van der Waals surface area contributed by atoms with E-state index >= 15 is 0 Å². The normalized spacial score (nSPS) is 11.1. The number of ether oxygens (including phenoxy) is 4. The molecule has 0 fully saturated rings. The standard InChI is InChI=1S/C18H30NO2.C17H28NO2.C15H24NO2.C12H18NO2.4CH3Cl/c1-4-7-14-19(6-3,13-5-2)15-16-21-18(20)17-11-9-8-10-12-17;1-4-12-18(6-3,13-5-2)14-15-20-17(19)16-10-8-7-9-11-16;1-4-16(5-2,6-3)12-13-18-15(17)14-10-8-7-9-11-14;1-13(2,3)9-10-15-12(14)11-7-5-4-6-8-11;4*1-2/h8-12H,4-7,13-16H2,1-3H3;7-11H,4-6,12-15H2,1-3H3;7-11H,4-6,12-13H2,1-3H3;4-8H,9-10H2,1-3H3;4*1H3/q4*+1;;;;. The molecule has 0 aliphatic heterocycles. The van der Waals surface area contributed by atoms with Crippen LogP contribution in [0.1, 0.15) is 136 Å². The van der Waals surface area contributed by atoms with Crippen molar-refractivity contribution in [3.63, 3.8) is 0 Å². The number of carbonyl (C=O) groups excluding carboxylic acids is 4. The van der Waals surface area contributed by atoms with Crippen LogP contribution in [0.5, 0.6) is 0 Å². The number of quaternary nitrogens is 4. The number of hydrogen-bond donors (Lipinski definition) is 0. The molecule has 0 radical (unpaired) electrons. The van der Waals surface area contributed by atoms with Crippen molar-refractivity contribution in [1.29, 1.82) is 0 Å². The fourth-order valence-electron chi connectivity index (χ4n) is 8.72. The highest BCUT2D eigenvalue weighted by Crippen LogP contribution is 2.14. The number of esters is 4. The second kappa shape index (κ2) is 54.7. The first-order chi connectivity index (χ1) is 39.5. The molecule has 12 nitrogen and oxygen atoms in total. The Kier molecular flexibility index (Phi) is 56.2. The summed E-state index contributed by atoms with van der Waals surface area (Å²) in [7, 11) is 6.20. The zero-order valence-corrected chi connectivity index (χ0v) is 56.7. The average molecular weight is 1230 g/mol. The third-order valence-corrected chi connectivity index (χ3v) is 13.9. The minimum Gasteiger partial charge on any atom is -0.456 e. The van der Waals surface area contributed by atoms with Gasteiger partial charge in [-0.15, -0.1) is 46.4 Å². The monoisotopic (exact) mass is 1230 g/mol. The topological polar surface area (TPSA) is 105 Å². The van der Waals surface area contributed by atoms with Crippen molar-refractivity contribution in [1.82, 2.24) is 0 Å². The van der Waals surface area contributed by atoms with Crippen molar-refractivity contribution in [3.8, 4) is 0 Å². The molecule has 16 heteroatoms. The molecule has 0 heterocycles. The summed E-state index contributed by atoms with van der Waals surface area (Å²) in [5, 5.41) is 0. The van der Waals surface area contributed by atoms with Gasteiger partial charge in [0, 0.05) is 25.5 Å². The summed E-state index contributed by atoms with van der Waals surface area (Å²) in [4.78, 5) is 47.1. The Labute approximate surface area is 519 Å². The fourth-order valence-corrected chi connectivity index (χ4v) is 8.72. The van der Waals surface area contributed by atoms with Gasteiger partial charge in [-0.25, -0.2) is 19.2 Å². The summed E-state index contributed by atoms with van der Waals surface area (Å²) in [5.41, 5.74) is 2.50. The van der Waals surface area contributed by atoms with Crippen LogP contribution in [0.3, 0.4) is 0 Å². The van der Waals surface area contributed by atoms with Crippen LogP contribution >= 0.6 is 46.4 Å². The molecule has 0 spiro atoms. The van der Waals surface area contributed by atoms with Crippen molar-refractivity contribution in [2.24, 2.45) is 0 Å². The first-order valence-electron chi connectivity index (χ1n) is 29.3. The molecule has 4 aromatic rings. The van der Waals surface area contributed by atoms with Gasteiger partial charge in [-0.05, 0) is 109 Å². The maximum atomic E-state index is 12.0. The summed E-state index contributed by atoms with van der Waals surface area (Å²) < 4.78 is 25.3. The van der Waals surface area contributed by atoms with Gasteiger partial charge < -0.3 is 36.9 Å². The lowest BCUT2D eigenvalue weighted by Crippen LogP contribution is -2.51. The molecule has 4 rings (SSSR count). The van der Waals surface area contributed by atoms with Gasteiger partial charge in [0.05, 0.1) is 102 Å². The molecule has 82 heavy (non-hydrogen) atoms. The van der Waals surface area contributed by atoms with E-state index in [1.807, 2.05) is 72.8 Å². The van der Waals surface area contributed by atoms with Crippen LogP contribution in [0, 0.1) is 0 Å². The minimum absolute atomic E-state index is 0.211. The maximum Gasteiger partial charge on any atom is 0.338 e. The molecule has 0 saturated heterocycles. The van der Waals surface area contributed by atoms with Crippen molar-refractivity contribution < 1.29 is 56.1 Å². The fraction of sp³-hybridized carbons (Fsp3) is 0.576. The predicted octanol–water partition coefficient (Wildman–Crippen LogP) is 15.1. The SMILES string of the molecule is CCCC[N+](CC)(CCC)CCOC(=O)c1ccccc1.CCC[N+](CC)(CCC)CCOC(=O)c1ccccc1.CC[N+](CC)(CC)CCOC(=O)c1ccccc1.CCl.CCl.CCl.CCl.C[N+](C)(C)CCOC(=O)c1ccccc1. The van der Waals surface area contributed by atoms with E-state index in [0.29, 0.717) is 48.7 Å². The number of nitrogens with zero attached hydrogens (tertiary/aromatic N) is 4. The summed E-state index contributed by atoms with van der Waals surface area (Å²) >= 11 is 18.6. The van der Waals surface area contributed by atoms with Gasteiger partial charge in [0.25, 0.3) is 0 Å². The number of alkyl halides is 4. The molecule has 468 valence electrons. The van der Waals surface area contributed by atoms with E-state index in [0.717, 1.165) is 89.9 Å². The molecule has 0 aliphatic carbocycles. The highest BCUT2D eigenvalue weighted by atomic mass is 35.5. The average Bonchev–Trinajstić information content (AvgIpc) is 3.52. The van der Waals surface area contributed by atoms with Gasteiger partial charge in [-0.2, -0.15) is 0 Å². The molecule has 0 aliphatic rings. The zero-order valence-electron chi connectivity index (χ0n) is 53.7. The van der Waals surface area contributed by atoms with Crippen LogP contribution in [-0.2, 0) is 18.9 Å². The number of hydrogen-bond acceptors (Lipinski definition) is 8. The highest BCUT2D eigenvalue weighted by molar-refractivity contribution is 6.15. The lowest BCUT2D eigenvalue weighted by atomic mass is 10.2. The molecule has 0 amide bonds. The first-order valence-corrected chi connectivity index (χ1v) is 32.3. The molecule has 4 aromatic carbocycles. The van der Waals surface area contributed by atoms with Crippen molar-refractivity contribution in [2.75, 3.05) is 158 Å². The van der Waals surface area contributed by atoms with Crippen molar-refractivity contribution in [3.05, 3.63) is 144 Å². The highest BCUT2D eigenvalue weighted by Gasteiger charge is 2.26. The predicted molar refractivity (Wildman–Crippen MR) is 350 cm³/mol. The second-order valence-electron chi connectivity index (χ2n) is 20.0. The largest absolute Gasteiger partial charge is 0.456 e. The molecule has 1 atom stereocenters. The Morgan fingerprint density at radius 1 is 0.305 bits per heavy atom. The number of rotatable bonds is 30. The quantitative estimate of drug-likeness (QED) is 0.0220. The summed E-state index contributed by atoms with van der Waals surface area (Å²) in [6, 6.07) is 36.6. The number of carbonyl (C=O) groups is 4. The Morgan fingerprint density at radius 3 is 0.732 bits per heavy atom. The zero-order chi connectivity index (χ0) is 63.1. The van der Waals surface area contributed by atoms with Crippen molar-refractivity contribution >= 4 is 70.3 Å². The number of halogens is 4. The van der Waals surface area contributed by atoms with Gasteiger partial charge in [0.15, 0.2) is 0 Å². The Morgan fingerprint density at radius 2 is 0.524 bits per heavy atom. The number of likely N-dealkylation sites (N-methyl/N-ethyl adjacent to an activating group) is 4. The Balaban J connectivity index is -0.000000477. The molecule has 0 aromatic heterocycles. The van der Waals surface area contributed by atoms with E-state index in [-0.39, 0.29) is 23.9 Å². The molecule has 0 bridgehead atoms. The smallest absolute Gasteiger partial charge is 0.338 e. The molecular formula is C66H112Cl4N4O8+4. The van der Waals surface area contributed by atoms with Crippen LogP contribution in [0.15, 0.2) is 121 Å². The van der Waals surface area contributed by atoms with Gasteiger partial charge in [-0.1, -0.05) is 107 Å². The van der Waals surface area contributed by atoms with E-state index in [4.69, 9.17) is 18.9 Å². The van der Waals surface area contributed by atoms with Crippen LogP contribution < -0.4 is 0 Å². The van der Waals surface area contributed by atoms with Gasteiger partial charge in [0.2, 0.25) is 0 Å². The van der Waals surface area contributed by atoms with Gasteiger partial charge in [-0.3, -0.25) is 0 Å². The van der Waals surface area contributed by atoms with E-state index in [1.54, 1.807) is 48.5 Å². The van der Waals surface area contributed by atoms with Crippen LogP contribution in [0.2, 0.25) is 0 Å². The van der Waals surface area contributed by atoms with Crippen molar-refractivity contribution in [2.45, 2.75) is 94.4 Å². The molecular weight excluding hydrogens is 1120 g/mol. The molecule has 1 unspecified atom stereocenters. The second-order valence-corrected chi connectivity index (χ2v) is 20.0. The molecule has 0 N–H and O–H groups in total. The first kappa shape index (κ1) is 84.2. The Bertz CT molecular complexity index is 2070. The van der Waals surface area contributed by atoms with E-state index in [2.05, 4.69) is 130 Å². The van der Waals surface area contributed by atoms with E-state index in [9.17, 15) is 19.2 Å². The minimum atomic E-state index is -0.246. The van der Waals surface area contributed by atoms with Crippen LogP contribution in [-0.4, -0.2) is 200 Å².